The monoisotopic (exact) mass is 337 g/mol. The van der Waals surface area contributed by atoms with E-state index in [2.05, 4.69) is 9.88 Å². The molecule has 0 amide bonds. The first kappa shape index (κ1) is 15.6. The van der Waals surface area contributed by atoms with Crippen LogP contribution >= 0.6 is 11.3 Å². The maximum absolute atomic E-state index is 12.6. The van der Waals surface area contributed by atoms with Crippen LogP contribution in [0.1, 0.15) is 10.6 Å². The highest BCUT2D eigenvalue weighted by atomic mass is 32.2. The van der Waals surface area contributed by atoms with E-state index in [9.17, 15) is 8.42 Å². The third-order valence-corrected chi connectivity index (χ3v) is 7.12. The summed E-state index contributed by atoms with van der Waals surface area (Å²) in [4.78, 5) is 7.58. The van der Waals surface area contributed by atoms with E-state index in [1.54, 1.807) is 16.6 Å². The van der Waals surface area contributed by atoms with E-state index in [0.717, 1.165) is 30.2 Å². The van der Waals surface area contributed by atoms with E-state index >= 15 is 0 Å². The van der Waals surface area contributed by atoms with Gasteiger partial charge in [-0.05, 0) is 31.2 Å². The maximum Gasteiger partial charge on any atom is 0.252 e. The van der Waals surface area contributed by atoms with Crippen LogP contribution in [-0.4, -0.2) is 48.8 Å². The van der Waals surface area contributed by atoms with Crippen LogP contribution in [0, 0.1) is 6.92 Å². The molecular weight excluding hydrogens is 318 g/mol. The van der Waals surface area contributed by atoms with Gasteiger partial charge in [0.25, 0.3) is 10.0 Å². The second-order valence-corrected chi connectivity index (χ2v) is 8.82. The molecule has 5 nitrogen and oxygen atoms in total. The number of sulfonamides is 1. The number of hydrogen-bond donors (Lipinski definition) is 0. The summed E-state index contributed by atoms with van der Waals surface area (Å²) in [7, 11) is -3.33. The lowest BCUT2D eigenvalue weighted by Crippen LogP contribution is -2.48. The summed E-state index contributed by atoms with van der Waals surface area (Å²) in [6, 6.07) is 9.43. The van der Waals surface area contributed by atoms with Crippen LogP contribution in [0.4, 0.5) is 0 Å². The lowest BCUT2D eigenvalue weighted by atomic mass is 10.3. The SMILES string of the molecule is Cc1ccc(S(=O)(=O)N2CCN(Cc3ccccn3)CC2)s1. The molecule has 0 spiro atoms. The van der Waals surface area contributed by atoms with Crippen LogP contribution < -0.4 is 0 Å². The van der Waals surface area contributed by atoms with Crippen molar-refractivity contribution in [3.63, 3.8) is 0 Å². The second kappa shape index (κ2) is 6.45. The third-order valence-electron chi connectivity index (χ3n) is 3.75. The van der Waals surface area contributed by atoms with Gasteiger partial charge in [-0.25, -0.2) is 8.42 Å². The Balaban J connectivity index is 1.62. The molecule has 1 saturated heterocycles. The predicted molar refractivity (Wildman–Crippen MR) is 87.3 cm³/mol. The Morgan fingerprint density at radius 2 is 1.91 bits per heavy atom. The standard InChI is InChI=1S/C15H19N3O2S2/c1-13-5-6-15(21-13)22(19,20)18-10-8-17(9-11-18)12-14-4-2-3-7-16-14/h2-7H,8-12H2,1H3. The van der Waals surface area contributed by atoms with Gasteiger partial charge in [0.05, 0.1) is 5.69 Å². The highest BCUT2D eigenvalue weighted by Gasteiger charge is 2.29. The molecule has 0 radical (unpaired) electrons. The van der Waals surface area contributed by atoms with Crippen molar-refractivity contribution in [1.82, 2.24) is 14.2 Å². The molecule has 22 heavy (non-hydrogen) atoms. The summed E-state index contributed by atoms with van der Waals surface area (Å²) in [5.41, 5.74) is 1.02. The highest BCUT2D eigenvalue weighted by molar-refractivity contribution is 7.91. The molecule has 2 aromatic rings. The fourth-order valence-corrected chi connectivity index (χ4v) is 5.39. The lowest BCUT2D eigenvalue weighted by molar-refractivity contribution is 0.180. The van der Waals surface area contributed by atoms with Crippen LogP contribution in [-0.2, 0) is 16.6 Å². The lowest BCUT2D eigenvalue weighted by Gasteiger charge is -2.33. The fraction of sp³-hybridized carbons (Fsp3) is 0.400. The van der Waals surface area contributed by atoms with Gasteiger partial charge < -0.3 is 0 Å². The number of nitrogens with zero attached hydrogens (tertiary/aromatic N) is 3. The van der Waals surface area contributed by atoms with E-state index in [-0.39, 0.29) is 0 Å². The van der Waals surface area contributed by atoms with Crippen molar-refractivity contribution in [1.29, 1.82) is 0 Å². The van der Waals surface area contributed by atoms with Crippen molar-refractivity contribution in [3.05, 3.63) is 47.1 Å². The van der Waals surface area contributed by atoms with Crippen molar-refractivity contribution >= 4 is 21.4 Å². The van der Waals surface area contributed by atoms with E-state index < -0.39 is 10.0 Å². The van der Waals surface area contributed by atoms with Gasteiger partial charge in [0.15, 0.2) is 0 Å². The van der Waals surface area contributed by atoms with Crippen molar-refractivity contribution < 1.29 is 8.42 Å². The molecule has 7 heteroatoms. The van der Waals surface area contributed by atoms with Crippen LogP contribution in [0.3, 0.4) is 0 Å². The molecule has 0 aromatic carbocycles. The van der Waals surface area contributed by atoms with E-state index in [4.69, 9.17) is 0 Å². The first-order chi connectivity index (χ1) is 10.6. The topological polar surface area (TPSA) is 53.5 Å². The molecule has 1 aliphatic rings. The molecule has 0 saturated carbocycles. The van der Waals surface area contributed by atoms with Crippen LogP contribution in [0.15, 0.2) is 40.7 Å². The molecular formula is C15H19N3O2S2. The van der Waals surface area contributed by atoms with Crippen LogP contribution in [0.5, 0.6) is 0 Å². The van der Waals surface area contributed by atoms with Crippen LogP contribution in [0.2, 0.25) is 0 Å². The molecule has 1 fully saturated rings. The molecule has 1 aliphatic heterocycles. The van der Waals surface area contributed by atoms with Gasteiger partial charge in [-0.1, -0.05) is 6.07 Å². The Labute approximate surface area is 135 Å². The van der Waals surface area contributed by atoms with Gasteiger partial charge >= 0.3 is 0 Å². The van der Waals surface area contributed by atoms with Gasteiger partial charge in [-0.2, -0.15) is 4.31 Å². The zero-order chi connectivity index (χ0) is 15.6. The van der Waals surface area contributed by atoms with Gasteiger partial charge in [0.1, 0.15) is 4.21 Å². The summed E-state index contributed by atoms with van der Waals surface area (Å²) < 4.78 is 27.2. The number of pyridine rings is 1. The normalized spacial score (nSPS) is 17.7. The highest BCUT2D eigenvalue weighted by Crippen LogP contribution is 2.25. The molecule has 0 atom stereocenters. The molecule has 0 bridgehead atoms. The Morgan fingerprint density at radius 1 is 1.14 bits per heavy atom. The summed E-state index contributed by atoms with van der Waals surface area (Å²) in [6.07, 6.45) is 1.79. The number of rotatable bonds is 4. The van der Waals surface area contributed by atoms with Crippen molar-refractivity contribution in [2.45, 2.75) is 17.7 Å². The molecule has 118 valence electrons. The number of aromatic nitrogens is 1. The Morgan fingerprint density at radius 3 is 2.50 bits per heavy atom. The molecule has 0 N–H and O–H groups in total. The minimum atomic E-state index is -3.33. The summed E-state index contributed by atoms with van der Waals surface area (Å²) >= 11 is 1.34. The van der Waals surface area contributed by atoms with Crippen LogP contribution in [0.25, 0.3) is 0 Å². The van der Waals surface area contributed by atoms with Crippen molar-refractivity contribution in [3.8, 4) is 0 Å². The first-order valence-electron chi connectivity index (χ1n) is 7.24. The van der Waals surface area contributed by atoms with Gasteiger partial charge in [0.2, 0.25) is 0 Å². The summed E-state index contributed by atoms with van der Waals surface area (Å²) in [6.45, 7) is 5.24. The van der Waals surface area contributed by atoms with Gasteiger partial charge in [-0.3, -0.25) is 9.88 Å². The minimum Gasteiger partial charge on any atom is -0.295 e. The third kappa shape index (κ3) is 3.38. The van der Waals surface area contributed by atoms with Gasteiger partial charge in [-0.15, -0.1) is 11.3 Å². The van der Waals surface area contributed by atoms with E-state index in [0.29, 0.717) is 17.3 Å². The quantitative estimate of drug-likeness (QED) is 0.856. The zero-order valence-corrected chi connectivity index (χ0v) is 14.1. The van der Waals surface area contributed by atoms with Crippen molar-refractivity contribution in [2.24, 2.45) is 0 Å². The average molecular weight is 337 g/mol. The molecule has 0 unspecified atom stereocenters. The fourth-order valence-electron chi connectivity index (χ4n) is 2.53. The Bertz CT molecular complexity index is 720. The molecule has 0 aliphatic carbocycles. The van der Waals surface area contributed by atoms with Gasteiger partial charge in [0, 0.05) is 43.8 Å². The zero-order valence-electron chi connectivity index (χ0n) is 12.5. The smallest absolute Gasteiger partial charge is 0.252 e. The summed E-state index contributed by atoms with van der Waals surface area (Å²) in [5, 5.41) is 0. The Kier molecular flexibility index (Phi) is 4.58. The largest absolute Gasteiger partial charge is 0.295 e. The number of aryl methyl sites for hydroxylation is 1. The Hall–Kier alpha value is -1.28. The second-order valence-electron chi connectivity index (χ2n) is 5.37. The molecule has 3 rings (SSSR count). The molecule has 2 aromatic heterocycles. The average Bonchev–Trinajstić information content (AvgIpc) is 2.96. The maximum atomic E-state index is 12.6. The number of piperazine rings is 1. The first-order valence-corrected chi connectivity index (χ1v) is 9.50. The van der Waals surface area contributed by atoms with E-state index in [1.165, 1.54) is 11.3 Å². The number of thiophene rings is 1. The minimum absolute atomic E-state index is 0.447. The predicted octanol–water partition coefficient (Wildman–Crippen LogP) is 1.96. The summed E-state index contributed by atoms with van der Waals surface area (Å²) in [5.74, 6) is 0. The number of hydrogen-bond acceptors (Lipinski definition) is 5. The van der Waals surface area contributed by atoms with Crippen molar-refractivity contribution in [2.75, 3.05) is 26.2 Å². The molecule has 3 heterocycles. The van der Waals surface area contributed by atoms with E-state index in [1.807, 2.05) is 31.2 Å².